The fourth-order valence-electron chi connectivity index (χ4n) is 5.58. The Kier molecular flexibility index (Phi) is 3.42. The number of para-hydroxylation sites is 2. The molecule has 0 saturated heterocycles. The average molecular weight is 434 g/mol. The summed E-state index contributed by atoms with van der Waals surface area (Å²) in [5.41, 5.74) is 5.39. The molecule has 0 fully saturated rings. The van der Waals surface area contributed by atoms with Gasteiger partial charge in [0.15, 0.2) is 0 Å². The minimum atomic E-state index is 0.932. The maximum atomic E-state index is 6.63. The molecule has 8 aromatic rings. The van der Waals surface area contributed by atoms with E-state index < -0.39 is 0 Å². The summed E-state index contributed by atoms with van der Waals surface area (Å²) in [5, 5.41) is 9.65. The molecule has 34 heavy (non-hydrogen) atoms. The van der Waals surface area contributed by atoms with Crippen molar-refractivity contribution in [2.24, 2.45) is 0 Å². The van der Waals surface area contributed by atoms with Crippen LogP contribution in [0, 0.1) is 0 Å². The molecule has 2 heterocycles. The van der Waals surface area contributed by atoms with Crippen molar-refractivity contribution in [3.8, 4) is 5.69 Å². The van der Waals surface area contributed by atoms with Gasteiger partial charge in [0.25, 0.3) is 0 Å². The lowest BCUT2D eigenvalue weighted by Gasteiger charge is -2.07. The van der Waals surface area contributed by atoms with E-state index in [1.807, 2.05) is 0 Å². The standard InChI is InChI=1S/C32H19NO/c1-2-10-24(11-3-1)33-28-13-7-6-12-26(28)31-29(33)15-14-25-27-18-22-16-20-8-4-5-9-21(20)17-23(22)19-30(27)34-32(25)31/h1-19H. The van der Waals surface area contributed by atoms with Crippen molar-refractivity contribution in [2.75, 3.05) is 0 Å². The van der Waals surface area contributed by atoms with Gasteiger partial charge in [0.1, 0.15) is 11.2 Å². The van der Waals surface area contributed by atoms with Crippen molar-refractivity contribution < 1.29 is 4.42 Å². The molecule has 2 nitrogen and oxygen atoms in total. The van der Waals surface area contributed by atoms with E-state index in [4.69, 9.17) is 4.42 Å². The smallest absolute Gasteiger partial charge is 0.145 e. The van der Waals surface area contributed by atoms with Gasteiger partial charge in [-0.05, 0) is 76.1 Å². The average Bonchev–Trinajstić information content (AvgIpc) is 3.41. The third-order valence-corrected chi connectivity index (χ3v) is 7.11. The van der Waals surface area contributed by atoms with Crippen LogP contribution in [0.1, 0.15) is 0 Å². The van der Waals surface area contributed by atoms with Gasteiger partial charge < -0.3 is 8.98 Å². The highest BCUT2D eigenvalue weighted by molar-refractivity contribution is 6.24. The molecule has 0 radical (unpaired) electrons. The Bertz CT molecular complexity index is 2060. The summed E-state index contributed by atoms with van der Waals surface area (Å²) < 4.78 is 8.96. The monoisotopic (exact) mass is 433 g/mol. The largest absolute Gasteiger partial charge is 0.455 e. The zero-order valence-corrected chi connectivity index (χ0v) is 18.3. The first-order chi connectivity index (χ1) is 16.8. The van der Waals surface area contributed by atoms with E-state index in [9.17, 15) is 0 Å². The number of fused-ring (bicyclic) bond motifs is 9. The summed E-state index contributed by atoms with van der Waals surface area (Å²) >= 11 is 0. The van der Waals surface area contributed by atoms with Crippen molar-refractivity contribution in [3.05, 3.63) is 115 Å². The van der Waals surface area contributed by atoms with E-state index in [1.165, 1.54) is 37.8 Å². The zero-order chi connectivity index (χ0) is 22.2. The third-order valence-electron chi connectivity index (χ3n) is 7.11. The summed E-state index contributed by atoms with van der Waals surface area (Å²) in [4.78, 5) is 0. The second kappa shape index (κ2) is 6.49. The van der Waals surface area contributed by atoms with Crippen molar-refractivity contribution in [3.63, 3.8) is 0 Å². The van der Waals surface area contributed by atoms with Crippen LogP contribution in [0.5, 0.6) is 0 Å². The van der Waals surface area contributed by atoms with E-state index in [0.717, 1.165) is 33.1 Å². The van der Waals surface area contributed by atoms with E-state index in [1.54, 1.807) is 0 Å². The minimum absolute atomic E-state index is 0.932. The van der Waals surface area contributed by atoms with Gasteiger partial charge in [0.2, 0.25) is 0 Å². The molecular weight excluding hydrogens is 414 g/mol. The molecule has 2 aromatic heterocycles. The van der Waals surface area contributed by atoms with Crippen LogP contribution in [-0.4, -0.2) is 4.57 Å². The molecular formula is C32H19NO. The van der Waals surface area contributed by atoms with Gasteiger partial charge in [0, 0.05) is 21.8 Å². The van der Waals surface area contributed by atoms with E-state index >= 15 is 0 Å². The number of furan rings is 1. The van der Waals surface area contributed by atoms with Gasteiger partial charge in [-0.3, -0.25) is 0 Å². The molecule has 158 valence electrons. The van der Waals surface area contributed by atoms with Gasteiger partial charge >= 0.3 is 0 Å². The number of hydrogen-bond acceptors (Lipinski definition) is 1. The number of rotatable bonds is 1. The molecule has 0 aliphatic carbocycles. The van der Waals surface area contributed by atoms with Crippen LogP contribution >= 0.6 is 0 Å². The first-order valence-corrected chi connectivity index (χ1v) is 11.6. The van der Waals surface area contributed by atoms with Gasteiger partial charge in [-0.15, -0.1) is 0 Å². The second-order valence-corrected chi connectivity index (χ2v) is 9.02. The predicted octanol–water partition coefficient (Wildman–Crippen LogP) is 8.99. The van der Waals surface area contributed by atoms with Gasteiger partial charge in [0.05, 0.1) is 16.4 Å². The molecule has 8 rings (SSSR count). The summed E-state index contributed by atoms with van der Waals surface area (Å²) in [7, 11) is 0. The number of hydrogen-bond donors (Lipinski definition) is 0. The molecule has 2 heteroatoms. The SMILES string of the molecule is c1ccc(-n2c3ccccc3c3c4oc5cc6cc7ccccc7cc6cc5c4ccc32)cc1. The summed E-state index contributed by atoms with van der Waals surface area (Å²) in [5.74, 6) is 0. The maximum absolute atomic E-state index is 6.63. The van der Waals surface area contributed by atoms with Gasteiger partial charge in [-0.1, -0.05) is 60.7 Å². The van der Waals surface area contributed by atoms with E-state index in [2.05, 4.69) is 120 Å². The third kappa shape index (κ3) is 2.35. The lowest BCUT2D eigenvalue weighted by molar-refractivity contribution is 0.673. The van der Waals surface area contributed by atoms with Crippen LogP contribution in [0.2, 0.25) is 0 Å². The lowest BCUT2D eigenvalue weighted by atomic mass is 10.0. The van der Waals surface area contributed by atoms with Crippen LogP contribution in [0.15, 0.2) is 120 Å². The Balaban J connectivity index is 1.53. The molecule has 0 aliphatic rings. The summed E-state index contributed by atoms with van der Waals surface area (Å²) in [6, 6.07) is 41.2. The molecule has 0 aliphatic heterocycles. The van der Waals surface area contributed by atoms with Gasteiger partial charge in [-0.25, -0.2) is 0 Å². The lowest BCUT2D eigenvalue weighted by Crippen LogP contribution is -1.92. The quantitative estimate of drug-likeness (QED) is 0.236. The summed E-state index contributed by atoms with van der Waals surface area (Å²) in [6.07, 6.45) is 0. The van der Waals surface area contributed by atoms with Crippen molar-refractivity contribution >= 4 is 65.3 Å². The number of nitrogens with zero attached hydrogens (tertiary/aromatic N) is 1. The highest BCUT2D eigenvalue weighted by Gasteiger charge is 2.18. The molecule has 0 spiro atoms. The van der Waals surface area contributed by atoms with Crippen LogP contribution in [0.4, 0.5) is 0 Å². The molecule has 0 bridgehead atoms. The molecule has 0 unspecified atom stereocenters. The Labute approximate surface area is 195 Å². The molecule has 0 N–H and O–H groups in total. The van der Waals surface area contributed by atoms with Crippen LogP contribution in [0.25, 0.3) is 71.0 Å². The molecule has 6 aromatic carbocycles. The first-order valence-electron chi connectivity index (χ1n) is 11.6. The van der Waals surface area contributed by atoms with Crippen molar-refractivity contribution in [2.45, 2.75) is 0 Å². The van der Waals surface area contributed by atoms with Crippen molar-refractivity contribution in [1.82, 2.24) is 4.57 Å². The minimum Gasteiger partial charge on any atom is -0.455 e. The molecule has 0 saturated carbocycles. The summed E-state index contributed by atoms with van der Waals surface area (Å²) in [6.45, 7) is 0. The topological polar surface area (TPSA) is 18.1 Å². The van der Waals surface area contributed by atoms with E-state index in [0.29, 0.717) is 0 Å². The van der Waals surface area contributed by atoms with Crippen molar-refractivity contribution in [1.29, 1.82) is 0 Å². The highest BCUT2D eigenvalue weighted by Crippen LogP contribution is 2.41. The Morgan fingerprint density at radius 1 is 0.471 bits per heavy atom. The van der Waals surface area contributed by atoms with Gasteiger partial charge in [-0.2, -0.15) is 0 Å². The molecule has 0 amide bonds. The van der Waals surface area contributed by atoms with Crippen LogP contribution in [0.3, 0.4) is 0 Å². The van der Waals surface area contributed by atoms with Crippen LogP contribution in [-0.2, 0) is 0 Å². The van der Waals surface area contributed by atoms with Crippen LogP contribution < -0.4 is 0 Å². The number of aromatic nitrogens is 1. The fraction of sp³-hybridized carbons (Fsp3) is 0. The Morgan fingerprint density at radius 2 is 1.18 bits per heavy atom. The first kappa shape index (κ1) is 17.9. The van der Waals surface area contributed by atoms with E-state index in [-0.39, 0.29) is 0 Å². The second-order valence-electron chi connectivity index (χ2n) is 9.02. The highest BCUT2D eigenvalue weighted by atomic mass is 16.3. The Morgan fingerprint density at radius 3 is 2.00 bits per heavy atom. The molecule has 0 atom stereocenters. The maximum Gasteiger partial charge on any atom is 0.145 e. The normalized spacial score (nSPS) is 12.1. The zero-order valence-electron chi connectivity index (χ0n) is 18.3. The predicted molar refractivity (Wildman–Crippen MR) is 143 cm³/mol. The Hall–Kier alpha value is -4.56. The number of benzene rings is 6. The fourth-order valence-corrected chi connectivity index (χ4v) is 5.58.